The lowest BCUT2D eigenvalue weighted by Crippen LogP contribution is -2.05. The normalized spacial score (nSPS) is 10.5. The monoisotopic (exact) mass is 263 g/mol. The molecule has 5 heteroatoms. The van der Waals surface area contributed by atoms with Crippen molar-refractivity contribution in [1.82, 2.24) is 4.98 Å². The highest BCUT2D eigenvalue weighted by molar-refractivity contribution is 5.75. The van der Waals surface area contributed by atoms with Gasteiger partial charge in [0.15, 0.2) is 11.6 Å². The van der Waals surface area contributed by atoms with Crippen LogP contribution >= 0.6 is 0 Å². The number of carboxylic acids is 1. The average Bonchev–Trinajstić information content (AvgIpc) is 2.35. The number of halogens is 2. The Morgan fingerprint density at radius 3 is 2.68 bits per heavy atom. The third-order valence-corrected chi connectivity index (χ3v) is 2.67. The van der Waals surface area contributed by atoms with Crippen LogP contribution in [0.3, 0.4) is 0 Å². The average molecular weight is 263 g/mol. The first-order valence-corrected chi connectivity index (χ1v) is 5.61. The SMILES string of the molecule is Cc1ccc(CC(=O)O)c(-c2cccc(F)c2F)n1. The maximum Gasteiger partial charge on any atom is 0.307 e. The van der Waals surface area contributed by atoms with Gasteiger partial charge >= 0.3 is 5.97 Å². The van der Waals surface area contributed by atoms with E-state index in [1.165, 1.54) is 12.1 Å². The van der Waals surface area contributed by atoms with Gasteiger partial charge in [-0.15, -0.1) is 0 Å². The number of aliphatic carboxylic acids is 1. The topological polar surface area (TPSA) is 50.2 Å². The zero-order valence-electron chi connectivity index (χ0n) is 10.2. The molecule has 0 spiro atoms. The van der Waals surface area contributed by atoms with E-state index in [4.69, 9.17) is 5.11 Å². The van der Waals surface area contributed by atoms with E-state index in [-0.39, 0.29) is 17.7 Å². The molecule has 0 atom stereocenters. The first-order chi connectivity index (χ1) is 8.99. The molecule has 0 radical (unpaired) electrons. The van der Waals surface area contributed by atoms with Gasteiger partial charge in [0.25, 0.3) is 0 Å². The van der Waals surface area contributed by atoms with Crippen molar-refractivity contribution in [2.75, 3.05) is 0 Å². The minimum Gasteiger partial charge on any atom is -0.481 e. The fourth-order valence-electron chi connectivity index (χ4n) is 1.81. The van der Waals surface area contributed by atoms with E-state index in [1.807, 2.05) is 0 Å². The second-order valence-electron chi connectivity index (χ2n) is 4.13. The Bertz CT molecular complexity index is 641. The predicted octanol–water partition coefficient (Wildman–Crippen LogP) is 2.96. The molecule has 2 aromatic rings. The molecule has 0 bridgehead atoms. The van der Waals surface area contributed by atoms with Crippen LogP contribution in [0, 0.1) is 18.6 Å². The summed E-state index contributed by atoms with van der Waals surface area (Å²) in [7, 11) is 0. The Hall–Kier alpha value is -2.30. The molecule has 0 fully saturated rings. The molecule has 3 nitrogen and oxygen atoms in total. The number of carbonyl (C=O) groups is 1. The van der Waals surface area contributed by atoms with Crippen LogP contribution in [0.2, 0.25) is 0 Å². The van der Waals surface area contributed by atoms with Crippen LogP contribution in [0.5, 0.6) is 0 Å². The first-order valence-electron chi connectivity index (χ1n) is 5.61. The van der Waals surface area contributed by atoms with Gasteiger partial charge in [-0.2, -0.15) is 0 Å². The highest BCUT2D eigenvalue weighted by Crippen LogP contribution is 2.26. The van der Waals surface area contributed by atoms with E-state index in [9.17, 15) is 13.6 Å². The highest BCUT2D eigenvalue weighted by Gasteiger charge is 2.16. The molecule has 0 aliphatic rings. The smallest absolute Gasteiger partial charge is 0.307 e. The Morgan fingerprint density at radius 2 is 2.00 bits per heavy atom. The highest BCUT2D eigenvalue weighted by atomic mass is 19.2. The van der Waals surface area contributed by atoms with Gasteiger partial charge in [0.05, 0.1) is 12.1 Å². The van der Waals surface area contributed by atoms with Crippen LogP contribution in [0.15, 0.2) is 30.3 Å². The number of carboxylic acid groups (broad SMARTS) is 1. The fourth-order valence-corrected chi connectivity index (χ4v) is 1.81. The van der Waals surface area contributed by atoms with Crippen LogP contribution in [0.25, 0.3) is 11.3 Å². The van der Waals surface area contributed by atoms with Crippen molar-refractivity contribution in [2.24, 2.45) is 0 Å². The van der Waals surface area contributed by atoms with Crippen molar-refractivity contribution in [3.8, 4) is 11.3 Å². The number of pyridine rings is 1. The van der Waals surface area contributed by atoms with Crippen LogP contribution in [-0.2, 0) is 11.2 Å². The summed E-state index contributed by atoms with van der Waals surface area (Å²) >= 11 is 0. The molecule has 1 heterocycles. The lowest BCUT2D eigenvalue weighted by Gasteiger charge is -2.09. The number of aryl methyl sites for hydroxylation is 1. The molecule has 0 aliphatic heterocycles. The summed E-state index contributed by atoms with van der Waals surface area (Å²) in [6.07, 6.45) is -0.293. The third kappa shape index (κ3) is 2.76. The van der Waals surface area contributed by atoms with Gasteiger partial charge in [-0.25, -0.2) is 8.78 Å². The Labute approximate surface area is 108 Å². The maximum atomic E-state index is 13.8. The van der Waals surface area contributed by atoms with E-state index in [2.05, 4.69) is 4.98 Å². The first kappa shape index (κ1) is 13.1. The number of aromatic nitrogens is 1. The van der Waals surface area contributed by atoms with E-state index >= 15 is 0 Å². The molecule has 98 valence electrons. The molecule has 1 aromatic carbocycles. The lowest BCUT2D eigenvalue weighted by atomic mass is 10.0. The van der Waals surface area contributed by atoms with E-state index in [0.29, 0.717) is 11.3 Å². The predicted molar refractivity (Wildman–Crippen MR) is 65.7 cm³/mol. The van der Waals surface area contributed by atoms with Crippen LogP contribution in [-0.4, -0.2) is 16.1 Å². The molecular formula is C14H11F2NO2. The molecule has 0 aliphatic carbocycles. The molecule has 2 rings (SSSR count). The van der Waals surface area contributed by atoms with Crippen LogP contribution < -0.4 is 0 Å². The quantitative estimate of drug-likeness (QED) is 0.926. The Kier molecular flexibility index (Phi) is 3.55. The minimum absolute atomic E-state index is 0.0278. The number of rotatable bonds is 3. The van der Waals surface area contributed by atoms with Crippen molar-refractivity contribution >= 4 is 5.97 Å². The van der Waals surface area contributed by atoms with Crippen LogP contribution in [0.4, 0.5) is 8.78 Å². The van der Waals surface area contributed by atoms with Crippen molar-refractivity contribution in [1.29, 1.82) is 0 Å². The van der Waals surface area contributed by atoms with Gasteiger partial charge in [0.2, 0.25) is 0 Å². The van der Waals surface area contributed by atoms with E-state index in [1.54, 1.807) is 19.1 Å². The summed E-state index contributed by atoms with van der Waals surface area (Å²) in [5, 5.41) is 8.84. The van der Waals surface area contributed by atoms with Gasteiger partial charge < -0.3 is 5.11 Å². The molecule has 0 amide bonds. The molecule has 0 saturated carbocycles. The van der Waals surface area contributed by atoms with Crippen molar-refractivity contribution in [3.05, 3.63) is 53.2 Å². The minimum atomic E-state index is -1.05. The van der Waals surface area contributed by atoms with Crippen molar-refractivity contribution < 1.29 is 18.7 Å². The second kappa shape index (κ2) is 5.14. The zero-order chi connectivity index (χ0) is 14.0. The molecule has 19 heavy (non-hydrogen) atoms. The maximum absolute atomic E-state index is 13.8. The molecule has 0 saturated heterocycles. The fraction of sp³-hybridized carbons (Fsp3) is 0.143. The molecule has 1 aromatic heterocycles. The number of hydrogen-bond donors (Lipinski definition) is 1. The van der Waals surface area contributed by atoms with Crippen molar-refractivity contribution in [3.63, 3.8) is 0 Å². The third-order valence-electron chi connectivity index (χ3n) is 2.67. The number of benzene rings is 1. The van der Waals surface area contributed by atoms with E-state index in [0.717, 1.165) is 6.07 Å². The Morgan fingerprint density at radius 1 is 1.26 bits per heavy atom. The van der Waals surface area contributed by atoms with Gasteiger partial charge in [0, 0.05) is 11.3 Å². The summed E-state index contributed by atoms with van der Waals surface area (Å²) in [4.78, 5) is 14.9. The van der Waals surface area contributed by atoms with Crippen LogP contribution in [0.1, 0.15) is 11.3 Å². The summed E-state index contributed by atoms with van der Waals surface area (Å²) < 4.78 is 27.0. The van der Waals surface area contributed by atoms with Gasteiger partial charge in [0.1, 0.15) is 0 Å². The standard InChI is InChI=1S/C14H11F2NO2/c1-8-5-6-9(7-12(18)19)14(17-8)10-3-2-4-11(15)13(10)16/h2-6H,7H2,1H3,(H,18,19). The van der Waals surface area contributed by atoms with Gasteiger partial charge in [-0.1, -0.05) is 12.1 Å². The second-order valence-corrected chi connectivity index (χ2v) is 4.13. The summed E-state index contributed by atoms with van der Waals surface area (Å²) in [6.45, 7) is 1.70. The number of hydrogen-bond acceptors (Lipinski definition) is 2. The lowest BCUT2D eigenvalue weighted by molar-refractivity contribution is -0.136. The largest absolute Gasteiger partial charge is 0.481 e. The molecule has 1 N–H and O–H groups in total. The Balaban J connectivity index is 2.62. The van der Waals surface area contributed by atoms with Gasteiger partial charge in [-0.05, 0) is 30.7 Å². The molecular weight excluding hydrogens is 252 g/mol. The van der Waals surface area contributed by atoms with Gasteiger partial charge in [-0.3, -0.25) is 9.78 Å². The van der Waals surface area contributed by atoms with Crippen molar-refractivity contribution in [2.45, 2.75) is 13.3 Å². The summed E-state index contributed by atoms with van der Waals surface area (Å²) in [6, 6.07) is 6.95. The zero-order valence-corrected chi connectivity index (χ0v) is 10.2. The number of nitrogens with zero attached hydrogens (tertiary/aromatic N) is 1. The van der Waals surface area contributed by atoms with E-state index < -0.39 is 17.6 Å². The summed E-state index contributed by atoms with van der Waals surface area (Å²) in [5.41, 5.74) is 1.09. The molecule has 0 unspecified atom stereocenters. The summed E-state index contributed by atoms with van der Waals surface area (Å²) in [5.74, 6) is -3.06.